The third kappa shape index (κ3) is 8.11. The number of amides is 2. The number of nitrogens with one attached hydrogen (secondary N) is 1. The van der Waals surface area contributed by atoms with Crippen molar-refractivity contribution in [3.8, 4) is 0 Å². The maximum Gasteiger partial charge on any atom is 0.264 e. The van der Waals surface area contributed by atoms with Crippen LogP contribution in [0.2, 0.25) is 0 Å². The molecule has 0 radical (unpaired) electrons. The van der Waals surface area contributed by atoms with Crippen molar-refractivity contribution in [1.29, 1.82) is 0 Å². The number of carbonyl (C=O) groups is 2. The van der Waals surface area contributed by atoms with Crippen molar-refractivity contribution in [2.75, 3.05) is 10.8 Å². The molecule has 0 bridgehead atoms. The summed E-state index contributed by atoms with van der Waals surface area (Å²) < 4.78 is 44.2. The third-order valence-electron chi connectivity index (χ3n) is 7.06. The first-order valence-corrected chi connectivity index (χ1v) is 15.8. The number of benzene rings is 4. The first kappa shape index (κ1) is 32.4. The highest BCUT2D eigenvalue weighted by Gasteiger charge is 2.36. The zero-order valence-corrected chi connectivity index (χ0v) is 26.2. The van der Waals surface area contributed by atoms with E-state index < -0.39 is 45.8 Å². The second-order valence-electron chi connectivity index (χ2n) is 11.7. The fourth-order valence-corrected chi connectivity index (χ4v) is 6.39. The Kier molecular flexibility index (Phi) is 10.2. The molecule has 0 spiro atoms. The summed E-state index contributed by atoms with van der Waals surface area (Å²) in [4.78, 5) is 29.6. The topological polar surface area (TPSA) is 86.8 Å². The van der Waals surface area contributed by atoms with Crippen molar-refractivity contribution in [1.82, 2.24) is 10.2 Å². The van der Waals surface area contributed by atoms with Gasteiger partial charge in [-0.25, -0.2) is 12.8 Å². The Morgan fingerprint density at radius 1 is 0.818 bits per heavy atom. The van der Waals surface area contributed by atoms with Crippen LogP contribution in [0.15, 0.2) is 114 Å². The maximum absolute atomic E-state index is 15.0. The van der Waals surface area contributed by atoms with Crippen molar-refractivity contribution in [3.63, 3.8) is 0 Å². The minimum atomic E-state index is -4.21. The maximum atomic E-state index is 15.0. The van der Waals surface area contributed by atoms with Crippen molar-refractivity contribution in [2.45, 2.75) is 57.1 Å². The lowest BCUT2D eigenvalue weighted by atomic mass is 10.0. The lowest BCUT2D eigenvalue weighted by Gasteiger charge is -2.35. The number of sulfonamides is 1. The van der Waals surface area contributed by atoms with Crippen LogP contribution in [0, 0.1) is 12.7 Å². The molecular formula is C35H38FN3O4S. The van der Waals surface area contributed by atoms with Gasteiger partial charge in [0, 0.05) is 24.1 Å². The van der Waals surface area contributed by atoms with Gasteiger partial charge < -0.3 is 10.2 Å². The number of hydrogen-bond acceptors (Lipinski definition) is 4. The number of hydrogen-bond donors (Lipinski definition) is 1. The summed E-state index contributed by atoms with van der Waals surface area (Å²) in [5.74, 6) is -1.62. The molecule has 230 valence electrons. The number of halogens is 1. The molecule has 0 aromatic heterocycles. The molecule has 1 atom stereocenters. The quantitative estimate of drug-likeness (QED) is 0.228. The first-order chi connectivity index (χ1) is 20.9. The Balaban J connectivity index is 1.83. The van der Waals surface area contributed by atoms with Crippen LogP contribution in [0.3, 0.4) is 0 Å². The minimum absolute atomic E-state index is 0.0167. The summed E-state index contributed by atoms with van der Waals surface area (Å²) in [6, 6.07) is 29.0. The SMILES string of the molecule is Cc1ccccc1N(CC(=O)N(Cc1ccccc1F)C(Cc1ccccc1)C(=O)NC(C)(C)C)S(=O)(=O)c1ccccc1. The van der Waals surface area contributed by atoms with Crippen LogP contribution in [-0.4, -0.2) is 43.3 Å². The summed E-state index contributed by atoms with van der Waals surface area (Å²) in [5.41, 5.74) is 1.35. The average molecular weight is 616 g/mol. The van der Waals surface area contributed by atoms with Gasteiger partial charge in [-0.3, -0.25) is 13.9 Å². The molecule has 9 heteroatoms. The zero-order chi connectivity index (χ0) is 31.9. The Hall–Kier alpha value is -4.50. The molecule has 0 saturated carbocycles. The highest BCUT2D eigenvalue weighted by atomic mass is 32.2. The van der Waals surface area contributed by atoms with E-state index in [1.807, 2.05) is 51.1 Å². The lowest BCUT2D eigenvalue weighted by Crippen LogP contribution is -2.56. The van der Waals surface area contributed by atoms with E-state index in [-0.39, 0.29) is 23.4 Å². The molecule has 0 aliphatic carbocycles. The van der Waals surface area contributed by atoms with Gasteiger partial charge in [0.05, 0.1) is 10.6 Å². The molecule has 4 rings (SSSR count). The minimum Gasteiger partial charge on any atom is -0.350 e. The Morgan fingerprint density at radius 3 is 2.00 bits per heavy atom. The predicted octanol–water partition coefficient (Wildman–Crippen LogP) is 5.88. The normalized spacial score (nSPS) is 12.3. The molecule has 7 nitrogen and oxygen atoms in total. The summed E-state index contributed by atoms with van der Waals surface area (Å²) in [5, 5.41) is 2.97. The van der Waals surface area contributed by atoms with E-state index in [4.69, 9.17) is 0 Å². The Bertz CT molecular complexity index is 1690. The van der Waals surface area contributed by atoms with E-state index in [9.17, 15) is 18.0 Å². The van der Waals surface area contributed by atoms with Crippen LogP contribution in [0.5, 0.6) is 0 Å². The van der Waals surface area contributed by atoms with Crippen LogP contribution in [0.25, 0.3) is 0 Å². The Labute approximate surface area is 259 Å². The van der Waals surface area contributed by atoms with E-state index in [1.165, 1.54) is 23.1 Å². The number of para-hydroxylation sites is 1. The first-order valence-electron chi connectivity index (χ1n) is 14.4. The van der Waals surface area contributed by atoms with Crippen LogP contribution < -0.4 is 9.62 Å². The molecule has 0 saturated heterocycles. The lowest BCUT2D eigenvalue weighted by molar-refractivity contribution is -0.140. The molecule has 44 heavy (non-hydrogen) atoms. The number of carbonyl (C=O) groups excluding carboxylic acids is 2. The van der Waals surface area contributed by atoms with E-state index in [0.717, 1.165) is 9.87 Å². The molecule has 4 aromatic rings. The molecule has 4 aromatic carbocycles. The van der Waals surface area contributed by atoms with Crippen LogP contribution in [0.4, 0.5) is 10.1 Å². The summed E-state index contributed by atoms with van der Waals surface area (Å²) in [7, 11) is -4.21. The van der Waals surface area contributed by atoms with Crippen molar-refractivity contribution in [3.05, 3.63) is 132 Å². The van der Waals surface area contributed by atoms with Gasteiger partial charge in [-0.15, -0.1) is 0 Å². The van der Waals surface area contributed by atoms with Gasteiger partial charge >= 0.3 is 0 Å². The van der Waals surface area contributed by atoms with Gasteiger partial charge in [0.25, 0.3) is 10.0 Å². The van der Waals surface area contributed by atoms with Crippen LogP contribution >= 0.6 is 0 Å². The van der Waals surface area contributed by atoms with Gasteiger partial charge in [0.1, 0.15) is 18.4 Å². The van der Waals surface area contributed by atoms with E-state index in [0.29, 0.717) is 11.3 Å². The van der Waals surface area contributed by atoms with E-state index in [2.05, 4.69) is 5.32 Å². The number of aryl methyl sites for hydroxylation is 1. The van der Waals surface area contributed by atoms with Crippen molar-refractivity contribution in [2.24, 2.45) is 0 Å². The molecule has 0 aliphatic rings. The van der Waals surface area contributed by atoms with Gasteiger partial charge in [0.15, 0.2) is 0 Å². The van der Waals surface area contributed by atoms with Gasteiger partial charge in [0.2, 0.25) is 11.8 Å². The monoisotopic (exact) mass is 615 g/mol. The zero-order valence-electron chi connectivity index (χ0n) is 25.4. The predicted molar refractivity (Wildman–Crippen MR) is 171 cm³/mol. The van der Waals surface area contributed by atoms with Gasteiger partial charge in [-0.2, -0.15) is 0 Å². The largest absolute Gasteiger partial charge is 0.350 e. The summed E-state index contributed by atoms with van der Waals surface area (Å²) in [6.07, 6.45) is 0.138. The summed E-state index contributed by atoms with van der Waals surface area (Å²) >= 11 is 0. The van der Waals surface area contributed by atoms with E-state index >= 15 is 4.39 Å². The Morgan fingerprint density at radius 2 is 1.39 bits per heavy atom. The molecule has 0 aliphatic heterocycles. The molecular weight excluding hydrogens is 577 g/mol. The van der Waals surface area contributed by atoms with E-state index in [1.54, 1.807) is 67.6 Å². The molecule has 2 amide bonds. The molecule has 1 N–H and O–H groups in total. The third-order valence-corrected chi connectivity index (χ3v) is 8.84. The molecule has 0 heterocycles. The number of nitrogens with zero attached hydrogens (tertiary/aromatic N) is 2. The van der Waals surface area contributed by atoms with Crippen molar-refractivity contribution < 1.29 is 22.4 Å². The van der Waals surface area contributed by atoms with Crippen LogP contribution in [-0.2, 0) is 32.6 Å². The molecule has 1 unspecified atom stereocenters. The number of rotatable bonds is 11. The second kappa shape index (κ2) is 13.9. The smallest absolute Gasteiger partial charge is 0.264 e. The number of anilines is 1. The van der Waals surface area contributed by atoms with Gasteiger partial charge in [-0.1, -0.05) is 84.9 Å². The highest BCUT2D eigenvalue weighted by Crippen LogP contribution is 2.28. The van der Waals surface area contributed by atoms with Crippen molar-refractivity contribution >= 4 is 27.5 Å². The average Bonchev–Trinajstić information content (AvgIpc) is 2.99. The molecule has 0 fully saturated rings. The fourth-order valence-electron chi connectivity index (χ4n) is 4.89. The fraction of sp³-hybridized carbons (Fsp3) is 0.257. The van der Waals surface area contributed by atoms with Crippen LogP contribution in [0.1, 0.15) is 37.5 Å². The summed E-state index contributed by atoms with van der Waals surface area (Å²) in [6.45, 7) is 6.41. The second-order valence-corrected chi connectivity index (χ2v) is 13.5. The highest BCUT2D eigenvalue weighted by molar-refractivity contribution is 7.92. The van der Waals surface area contributed by atoms with Gasteiger partial charge in [-0.05, 0) is 63.1 Å². The standard InChI is InChI=1S/C35H38FN3O4S/c1-26-15-11-14-22-31(26)39(44(42,43)29-19-9-6-10-20-29)25-33(40)38(24-28-18-12-13-21-30(28)36)32(34(41)37-35(2,3)4)23-27-16-7-5-8-17-27/h5-22,32H,23-25H2,1-4H3,(H,37,41).